The highest BCUT2D eigenvalue weighted by atomic mass is 17.1. The predicted octanol–water partition coefficient (Wildman–Crippen LogP) is 0.969. The fourth-order valence-corrected chi connectivity index (χ4v) is 0.313. The summed E-state index contributed by atoms with van der Waals surface area (Å²) >= 11 is 0. The lowest BCUT2D eigenvalue weighted by Gasteiger charge is -1.89. The van der Waals surface area contributed by atoms with Gasteiger partial charge >= 0.3 is 0 Å². The molecule has 0 aliphatic heterocycles. The molecule has 0 saturated carbocycles. The van der Waals surface area contributed by atoms with E-state index in [4.69, 9.17) is 5.26 Å². The molecule has 0 amide bonds. The Labute approximate surface area is 47.5 Å². The molecule has 0 fully saturated rings. The zero-order valence-electron chi connectivity index (χ0n) is 4.84. The van der Waals surface area contributed by atoms with E-state index in [2.05, 4.69) is 4.89 Å². The van der Waals surface area contributed by atoms with Crippen LogP contribution in [-0.4, -0.2) is 11.0 Å². The maximum absolute atomic E-state index is 10.1. The van der Waals surface area contributed by atoms with Crippen molar-refractivity contribution >= 4 is 5.78 Å². The molecule has 3 heteroatoms. The van der Waals surface area contributed by atoms with E-state index in [1.807, 2.05) is 0 Å². The lowest BCUT2D eigenvalue weighted by atomic mass is 10.4. The molecular weight excluding hydrogens is 108 g/mol. The van der Waals surface area contributed by atoms with Gasteiger partial charge in [0.05, 0.1) is 0 Å². The van der Waals surface area contributed by atoms with Crippen molar-refractivity contribution in [1.82, 2.24) is 0 Å². The average molecular weight is 116 g/mol. The third kappa shape index (κ3) is 3.36. The second-order valence-electron chi connectivity index (χ2n) is 1.46. The Morgan fingerprint density at radius 2 is 2.12 bits per heavy atom. The number of carbonyl (C=O) groups excluding carboxylic acids is 1. The van der Waals surface area contributed by atoms with E-state index in [0.717, 1.165) is 0 Å². The molecule has 0 aromatic carbocycles. The van der Waals surface area contributed by atoms with Crippen LogP contribution >= 0.6 is 0 Å². The van der Waals surface area contributed by atoms with Crippen molar-refractivity contribution in [2.45, 2.75) is 13.8 Å². The fourth-order valence-electron chi connectivity index (χ4n) is 0.313. The van der Waals surface area contributed by atoms with Crippen molar-refractivity contribution in [2.24, 2.45) is 0 Å². The van der Waals surface area contributed by atoms with Gasteiger partial charge in [0.1, 0.15) is 5.76 Å². The van der Waals surface area contributed by atoms with Crippen LogP contribution in [0.5, 0.6) is 0 Å². The van der Waals surface area contributed by atoms with Gasteiger partial charge in [-0.15, -0.1) is 0 Å². The van der Waals surface area contributed by atoms with Crippen LogP contribution in [0.4, 0.5) is 0 Å². The first kappa shape index (κ1) is 7.17. The number of rotatable bonds is 2. The van der Waals surface area contributed by atoms with E-state index in [0.29, 0.717) is 0 Å². The van der Waals surface area contributed by atoms with Crippen LogP contribution in [0.3, 0.4) is 0 Å². The maximum Gasteiger partial charge on any atom is 0.156 e. The van der Waals surface area contributed by atoms with Crippen molar-refractivity contribution in [1.29, 1.82) is 0 Å². The van der Waals surface area contributed by atoms with Crippen molar-refractivity contribution in [3.63, 3.8) is 0 Å². The van der Waals surface area contributed by atoms with E-state index in [-0.39, 0.29) is 11.5 Å². The summed E-state index contributed by atoms with van der Waals surface area (Å²) < 4.78 is 0. The third-order valence-electron chi connectivity index (χ3n) is 0.551. The molecule has 0 rings (SSSR count). The van der Waals surface area contributed by atoms with E-state index in [1.165, 1.54) is 19.9 Å². The minimum atomic E-state index is -0.142. The molecule has 0 spiro atoms. The summed E-state index contributed by atoms with van der Waals surface area (Å²) in [7, 11) is 0. The smallest absolute Gasteiger partial charge is 0.156 e. The second kappa shape index (κ2) is 3.21. The zero-order valence-corrected chi connectivity index (χ0v) is 4.84. The summed E-state index contributed by atoms with van der Waals surface area (Å²) in [4.78, 5) is 13.8. The molecule has 0 aromatic rings. The van der Waals surface area contributed by atoms with Gasteiger partial charge in [-0.3, -0.25) is 4.79 Å². The Kier molecular flexibility index (Phi) is 2.88. The molecular formula is C5H8O3. The Hall–Kier alpha value is -0.830. The molecule has 3 nitrogen and oxygen atoms in total. The topological polar surface area (TPSA) is 46.5 Å². The van der Waals surface area contributed by atoms with Gasteiger partial charge in [-0.2, -0.15) is 0 Å². The fraction of sp³-hybridized carbons (Fsp3) is 0.400. The summed E-state index contributed by atoms with van der Waals surface area (Å²) in [5.74, 6) is 0.0639. The van der Waals surface area contributed by atoms with Gasteiger partial charge < -0.3 is 4.89 Å². The number of carbonyl (C=O) groups is 1. The van der Waals surface area contributed by atoms with Gasteiger partial charge in [0.2, 0.25) is 0 Å². The molecule has 0 aromatic heterocycles. The first-order valence-electron chi connectivity index (χ1n) is 2.17. The van der Waals surface area contributed by atoms with E-state index < -0.39 is 0 Å². The minimum Gasteiger partial charge on any atom is -0.345 e. The summed E-state index contributed by atoms with van der Waals surface area (Å²) in [6, 6.07) is 0. The highest BCUT2D eigenvalue weighted by molar-refractivity contribution is 5.87. The Morgan fingerprint density at radius 3 is 2.25 bits per heavy atom. The van der Waals surface area contributed by atoms with Crippen molar-refractivity contribution in [3.05, 3.63) is 11.8 Å². The van der Waals surface area contributed by atoms with Crippen LogP contribution in [-0.2, 0) is 9.68 Å². The monoisotopic (exact) mass is 116 g/mol. The number of hydrogen-bond donors (Lipinski definition) is 1. The Balaban J connectivity index is 3.75. The van der Waals surface area contributed by atoms with Crippen LogP contribution in [0.2, 0.25) is 0 Å². The van der Waals surface area contributed by atoms with Gasteiger partial charge in [-0.25, -0.2) is 5.26 Å². The lowest BCUT2D eigenvalue weighted by molar-refractivity contribution is -0.202. The van der Waals surface area contributed by atoms with Gasteiger partial charge in [0.15, 0.2) is 5.78 Å². The molecule has 0 saturated heterocycles. The van der Waals surface area contributed by atoms with Gasteiger partial charge in [0.25, 0.3) is 0 Å². The van der Waals surface area contributed by atoms with Crippen LogP contribution in [0.25, 0.3) is 0 Å². The maximum atomic E-state index is 10.1. The van der Waals surface area contributed by atoms with Crippen LogP contribution in [0.1, 0.15) is 13.8 Å². The van der Waals surface area contributed by atoms with E-state index in [1.54, 1.807) is 0 Å². The standard InChI is InChI=1S/C5H8O3/c1-4(6)3-5(2)8-7/h3,7H,1-2H3/b5-3-. The van der Waals surface area contributed by atoms with Crippen LogP contribution in [0, 0.1) is 0 Å². The molecule has 0 radical (unpaired) electrons. The van der Waals surface area contributed by atoms with Crippen LogP contribution in [0.15, 0.2) is 11.8 Å². The molecule has 8 heavy (non-hydrogen) atoms. The molecule has 0 bridgehead atoms. The van der Waals surface area contributed by atoms with Gasteiger partial charge in [-0.1, -0.05) is 0 Å². The number of hydrogen-bond acceptors (Lipinski definition) is 3. The molecule has 0 unspecified atom stereocenters. The summed E-state index contributed by atoms with van der Waals surface area (Å²) in [5, 5.41) is 7.86. The zero-order chi connectivity index (χ0) is 6.57. The van der Waals surface area contributed by atoms with E-state index >= 15 is 0 Å². The second-order valence-corrected chi connectivity index (χ2v) is 1.46. The number of allylic oxidation sites excluding steroid dienone is 2. The summed E-state index contributed by atoms with van der Waals surface area (Å²) in [6.07, 6.45) is 1.19. The Morgan fingerprint density at radius 1 is 1.62 bits per heavy atom. The summed E-state index contributed by atoms with van der Waals surface area (Å²) in [6.45, 7) is 2.86. The van der Waals surface area contributed by atoms with Gasteiger partial charge in [-0.05, 0) is 13.8 Å². The average Bonchev–Trinajstić information content (AvgIpc) is 1.65. The minimum absolute atomic E-state index is 0.142. The van der Waals surface area contributed by atoms with Crippen molar-refractivity contribution in [3.8, 4) is 0 Å². The predicted molar refractivity (Wildman–Crippen MR) is 28.2 cm³/mol. The molecule has 0 heterocycles. The first-order valence-corrected chi connectivity index (χ1v) is 2.17. The lowest BCUT2D eigenvalue weighted by Crippen LogP contribution is -1.86. The molecule has 0 aliphatic rings. The third-order valence-corrected chi connectivity index (χ3v) is 0.551. The van der Waals surface area contributed by atoms with Gasteiger partial charge in [0, 0.05) is 6.08 Å². The quantitative estimate of drug-likeness (QED) is 0.253. The highest BCUT2D eigenvalue weighted by Gasteiger charge is 1.88. The normalized spacial score (nSPS) is 11.1. The SMILES string of the molecule is CC(=O)/C=C(/C)OO. The summed E-state index contributed by atoms with van der Waals surface area (Å²) in [5.41, 5.74) is 0. The largest absolute Gasteiger partial charge is 0.345 e. The highest BCUT2D eigenvalue weighted by Crippen LogP contribution is 1.90. The molecule has 0 atom stereocenters. The van der Waals surface area contributed by atoms with Crippen molar-refractivity contribution < 1.29 is 14.9 Å². The Bertz CT molecular complexity index is 115. The molecule has 46 valence electrons. The first-order chi connectivity index (χ1) is 3.66. The molecule has 1 N–H and O–H groups in total. The van der Waals surface area contributed by atoms with E-state index in [9.17, 15) is 4.79 Å². The van der Waals surface area contributed by atoms with Crippen LogP contribution < -0.4 is 0 Å². The molecule has 0 aliphatic carbocycles. The van der Waals surface area contributed by atoms with Crippen molar-refractivity contribution in [2.75, 3.05) is 0 Å². The number of ketones is 1.